The van der Waals surface area contributed by atoms with Crippen molar-refractivity contribution in [2.45, 2.75) is 26.2 Å². The van der Waals surface area contributed by atoms with Crippen LogP contribution >= 0.6 is 0 Å². The van der Waals surface area contributed by atoms with Crippen LogP contribution < -0.4 is 5.43 Å². The first-order chi connectivity index (χ1) is 10.3. The summed E-state index contributed by atoms with van der Waals surface area (Å²) in [6.45, 7) is 2.08. The second-order valence-corrected chi connectivity index (χ2v) is 5.24. The van der Waals surface area contributed by atoms with Gasteiger partial charge in [0.05, 0.1) is 5.39 Å². The Hall–Kier alpha value is -2.35. The summed E-state index contributed by atoms with van der Waals surface area (Å²) in [7, 11) is 0. The maximum Gasteiger partial charge on any atom is 0.196 e. The Morgan fingerprint density at radius 1 is 0.952 bits per heavy atom. The highest BCUT2D eigenvalue weighted by atomic mass is 16.3. The van der Waals surface area contributed by atoms with E-state index in [0.717, 1.165) is 29.7 Å². The van der Waals surface area contributed by atoms with Crippen LogP contribution in [0.4, 0.5) is 0 Å². The molecule has 0 radical (unpaired) electrons. The van der Waals surface area contributed by atoms with Gasteiger partial charge in [-0.2, -0.15) is 0 Å². The van der Waals surface area contributed by atoms with Gasteiger partial charge in [-0.05, 0) is 24.1 Å². The van der Waals surface area contributed by atoms with Gasteiger partial charge in [0.25, 0.3) is 0 Å². The van der Waals surface area contributed by atoms with E-state index in [4.69, 9.17) is 4.42 Å². The highest BCUT2D eigenvalue weighted by Crippen LogP contribution is 2.19. The summed E-state index contributed by atoms with van der Waals surface area (Å²) >= 11 is 0. The number of para-hydroxylation sites is 1. The fourth-order valence-corrected chi connectivity index (χ4v) is 2.65. The number of rotatable bonds is 4. The monoisotopic (exact) mass is 278 g/mol. The Balaban J connectivity index is 2.15. The summed E-state index contributed by atoms with van der Waals surface area (Å²) < 4.78 is 6.03. The molecular weight excluding hydrogens is 260 g/mol. The maximum absolute atomic E-state index is 12.7. The first-order valence-electron chi connectivity index (χ1n) is 7.37. The van der Waals surface area contributed by atoms with Gasteiger partial charge in [0.2, 0.25) is 0 Å². The Labute approximate surface area is 124 Å². The lowest BCUT2D eigenvalue weighted by atomic mass is 10.0. The van der Waals surface area contributed by atoms with Crippen LogP contribution in [0.15, 0.2) is 63.8 Å². The lowest BCUT2D eigenvalue weighted by Crippen LogP contribution is -2.13. The van der Waals surface area contributed by atoms with E-state index >= 15 is 0 Å². The van der Waals surface area contributed by atoms with Gasteiger partial charge in [0.1, 0.15) is 11.3 Å². The Morgan fingerprint density at radius 2 is 1.67 bits per heavy atom. The molecule has 0 saturated carbocycles. The fraction of sp³-hybridized carbons (Fsp3) is 0.211. The molecule has 0 saturated heterocycles. The summed E-state index contributed by atoms with van der Waals surface area (Å²) in [5.74, 6) is 0.798. The number of hydrogen-bond acceptors (Lipinski definition) is 2. The van der Waals surface area contributed by atoms with Crippen LogP contribution in [0.5, 0.6) is 0 Å². The molecule has 0 aliphatic heterocycles. The maximum atomic E-state index is 12.7. The van der Waals surface area contributed by atoms with Gasteiger partial charge in [-0.25, -0.2) is 0 Å². The van der Waals surface area contributed by atoms with E-state index < -0.39 is 0 Å². The summed E-state index contributed by atoms with van der Waals surface area (Å²) in [5.41, 5.74) is 2.77. The minimum Gasteiger partial charge on any atom is -0.460 e. The summed E-state index contributed by atoms with van der Waals surface area (Å²) in [6.07, 6.45) is 2.36. The standard InChI is InChI=1S/C19H18O2/c1-2-8-15-18(13-14-9-4-3-5-10-14)21-17-12-7-6-11-16(17)19(15)20/h3-7,9-12H,2,8,13H2,1H3. The second kappa shape index (κ2) is 5.96. The van der Waals surface area contributed by atoms with Crippen molar-refractivity contribution < 1.29 is 4.42 Å². The molecule has 2 heteroatoms. The van der Waals surface area contributed by atoms with Gasteiger partial charge in [0, 0.05) is 12.0 Å². The van der Waals surface area contributed by atoms with Crippen molar-refractivity contribution in [1.29, 1.82) is 0 Å². The zero-order chi connectivity index (χ0) is 14.7. The van der Waals surface area contributed by atoms with Gasteiger partial charge < -0.3 is 4.42 Å². The summed E-state index contributed by atoms with van der Waals surface area (Å²) in [6, 6.07) is 17.6. The largest absolute Gasteiger partial charge is 0.460 e. The first kappa shape index (κ1) is 13.6. The third-order valence-corrected chi connectivity index (χ3v) is 3.68. The van der Waals surface area contributed by atoms with E-state index in [9.17, 15) is 4.79 Å². The van der Waals surface area contributed by atoms with Crippen molar-refractivity contribution in [1.82, 2.24) is 0 Å². The molecule has 2 aromatic carbocycles. The van der Waals surface area contributed by atoms with E-state index in [1.54, 1.807) is 0 Å². The molecule has 0 aliphatic rings. The van der Waals surface area contributed by atoms with Crippen molar-refractivity contribution in [3.8, 4) is 0 Å². The Morgan fingerprint density at radius 3 is 2.43 bits per heavy atom. The average Bonchev–Trinajstić information content (AvgIpc) is 2.52. The highest BCUT2D eigenvalue weighted by molar-refractivity contribution is 5.77. The molecule has 0 N–H and O–H groups in total. The smallest absolute Gasteiger partial charge is 0.196 e. The number of benzene rings is 2. The minimum absolute atomic E-state index is 0.115. The van der Waals surface area contributed by atoms with Crippen LogP contribution in [0.3, 0.4) is 0 Å². The van der Waals surface area contributed by atoms with E-state index in [2.05, 4.69) is 19.1 Å². The molecule has 0 aliphatic carbocycles. The molecule has 1 aromatic heterocycles. The topological polar surface area (TPSA) is 30.2 Å². The summed E-state index contributed by atoms with van der Waals surface area (Å²) in [4.78, 5) is 12.7. The molecular formula is C19H18O2. The lowest BCUT2D eigenvalue weighted by Gasteiger charge is -2.09. The quantitative estimate of drug-likeness (QED) is 0.710. The van der Waals surface area contributed by atoms with E-state index in [1.807, 2.05) is 42.5 Å². The molecule has 3 aromatic rings. The van der Waals surface area contributed by atoms with Gasteiger partial charge >= 0.3 is 0 Å². The average molecular weight is 278 g/mol. The van der Waals surface area contributed by atoms with E-state index in [0.29, 0.717) is 17.4 Å². The zero-order valence-electron chi connectivity index (χ0n) is 12.1. The van der Waals surface area contributed by atoms with Gasteiger partial charge in [-0.15, -0.1) is 0 Å². The minimum atomic E-state index is 0.115. The van der Waals surface area contributed by atoms with Crippen LogP contribution in [-0.4, -0.2) is 0 Å². The van der Waals surface area contributed by atoms with E-state index in [-0.39, 0.29) is 5.43 Å². The molecule has 3 rings (SSSR count). The first-order valence-corrected chi connectivity index (χ1v) is 7.37. The van der Waals surface area contributed by atoms with Crippen molar-refractivity contribution in [3.63, 3.8) is 0 Å². The van der Waals surface area contributed by atoms with Crippen LogP contribution in [-0.2, 0) is 12.8 Å². The zero-order valence-corrected chi connectivity index (χ0v) is 12.1. The SMILES string of the molecule is CCCc1c(Cc2ccccc2)oc2ccccc2c1=O. The predicted molar refractivity (Wildman–Crippen MR) is 85.7 cm³/mol. The highest BCUT2D eigenvalue weighted by Gasteiger charge is 2.13. The van der Waals surface area contributed by atoms with Gasteiger partial charge in [-0.3, -0.25) is 4.79 Å². The fourth-order valence-electron chi connectivity index (χ4n) is 2.65. The van der Waals surface area contributed by atoms with Gasteiger partial charge in [0.15, 0.2) is 5.43 Å². The molecule has 0 unspecified atom stereocenters. The third kappa shape index (κ3) is 2.75. The van der Waals surface area contributed by atoms with Crippen LogP contribution in [0, 0.1) is 0 Å². The van der Waals surface area contributed by atoms with Crippen molar-refractivity contribution in [3.05, 3.63) is 81.7 Å². The molecule has 0 spiro atoms. The number of fused-ring (bicyclic) bond motifs is 1. The molecule has 0 bridgehead atoms. The van der Waals surface area contributed by atoms with Crippen LogP contribution in [0.2, 0.25) is 0 Å². The van der Waals surface area contributed by atoms with Crippen LogP contribution in [0.25, 0.3) is 11.0 Å². The Kier molecular flexibility index (Phi) is 3.87. The third-order valence-electron chi connectivity index (χ3n) is 3.68. The predicted octanol–water partition coefficient (Wildman–Crippen LogP) is 4.34. The molecule has 106 valence electrons. The molecule has 2 nitrogen and oxygen atoms in total. The number of hydrogen-bond donors (Lipinski definition) is 0. The van der Waals surface area contributed by atoms with Crippen molar-refractivity contribution in [2.75, 3.05) is 0 Å². The molecule has 0 atom stereocenters. The van der Waals surface area contributed by atoms with Gasteiger partial charge in [-0.1, -0.05) is 55.8 Å². The second-order valence-electron chi connectivity index (χ2n) is 5.24. The lowest BCUT2D eigenvalue weighted by molar-refractivity contribution is 0.537. The Bertz CT molecular complexity index is 801. The molecule has 0 amide bonds. The normalized spacial score (nSPS) is 10.9. The van der Waals surface area contributed by atoms with Crippen molar-refractivity contribution in [2.24, 2.45) is 0 Å². The molecule has 0 fully saturated rings. The van der Waals surface area contributed by atoms with Crippen LogP contribution in [0.1, 0.15) is 30.2 Å². The van der Waals surface area contributed by atoms with E-state index in [1.165, 1.54) is 0 Å². The molecule has 1 heterocycles. The molecule has 21 heavy (non-hydrogen) atoms. The summed E-state index contributed by atoms with van der Waals surface area (Å²) in [5, 5.41) is 0.678. The van der Waals surface area contributed by atoms with Crippen molar-refractivity contribution >= 4 is 11.0 Å².